The van der Waals surface area contributed by atoms with E-state index < -0.39 is 0 Å². The highest BCUT2D eigenvalue weighted by atomic mass is 16.3. The Kier molecular flexibility index (Phi) is 5.23. The average Bonchev–Trinajstić information content (AvgIpc) is 2.68. The number of benzene rings is 2. The lowest BCUT2D eigenvalue weighted by atomic mass is 9.60. The smallest absolute Gasteiger partial charge is 0.115 e. The lowest BCUT2D eigenvalue weighted by Crippen LogP contribution is -2.64. The second kappa shape index (κ2) is 7.27. The largest absolute Gasteiger partial charge is 0.508 e. The molecule has 2 aromatic rings. The molecular formula is C21H29N3O2. The zero-order chi connectivity index (χ0) is 18.8. The van der Waals surface area contributed by atoms with Gasteiger partial charge in [0.15, 0.2) is 0 Å². The first-order chi connectivity index (χ1) is 12.5. The summed E-state index contributed by atoms with van der Waals surface area (Å²) < 4.78 is 0. The van der Waals surface area contributed by atoms with E-state index in [4.69, 9.17) is 0 Å². The number of aromatic hydroxyl groups is 2. The van der Waals surface area contributed by atoms with Crippen molar-refractivity contribution in [2.24, 2.45) is 0 Å². The lowest BCUT2D eigenvalue weighted by Gasteiger charge is -2.51. The third-order valence-corrected chi connectivity index (χ3v) is 6.00. The molecule has 0 bridgehead atoms. The quantitative estimate of drug-likeness (QED) is 0.532. The maximum absolute atomic E-state index is 9.77. The molecule has 0 radical (unpaired) electrons. The van der Waals surface area contributed by atoms with Crippen LogP contribution < -0.4 is 16.0 Å². The van der Waals surface area contributed by atoms with Crippen molar-refractivity contribution >= 4 is 0 Å². The van der Waals surface area contributed by atoms with Crippen LogP contribution in [-0.4, -0.2) is 43.1 Å². The molecule has 140 valence electrons. The minimum Gasteiger partial charge on any atom is -0.508 e. The first-order valence-electron chi connectivity index (χ1n) is 9.11. The Balaban J connectivity index is 2.19. The Hall–Kier alpha value is -2.08. The molecule has 26 heavy (non-hydrogen) atoms. The number of hydrogen-bond acceptors (Lipinski definition) is 5. The Morgan fingerprint density at radius 2 is 1.23 bits per heavy atom. The summed E-state index contributed by atoms with van der Waals surface area (Å²) in [6.07, 6.45) is 2.76. The van der Waals surface area contributed by atoms with Gasteiger partial charge in [0.2, 0.25) is 0 Å². The van der Waals surface area contributed by atoms with Gasteiger partial charge in [-0.2, -0.15) is 0 Å². The van der Waals surface area contributed by atoms with Crippen LogP contribution in [0.25, 0.3) is 0 Å². The van der Waals surface area contributed by atoms with Gasteiger partial charge in [0.05, 0.1) is 5.66 Å². The molecule has 3 rings (SSSR count). The minimum absolute atomic E-state index is 0.221. The normalized spacial score (nSPS) is 21.4. The molecule has 0 saturated heterocycles. The third-order valence-electron chi connectivity index (χ3n) is 6.00. The van der Waals surface area contributed by atoms with Gasteiger partial charge in [-0.1, -0.05) is 24.3 Å². The van der Waals surface area contributed by atoms with Crippen molar-refractivity contribution < 1.29 is 10.2 Å². The van der Waals surface area contributed by atoms with Gasteiger partial charge >= 0.3 is 0 Å². The second-order valence-electron chi connectivity index (χ2n) is 7.33. The van der Waals surface area contributed by atoms with E-state index in [2.05, 4.69) is 16.0 Å². The van der Waals surface area contributed by atoms with Gasteiger partial charge < -0.3 is 26.2 Å². The van der Waals surface area contributed by atoms with E-state index in [1.165, 1.54) is 0 Å². The maximum atomic E-state index is 9.77. The molecule has 1 fully saturated rings. The summed E-state index contributed by atoms with van der Waals surface area (Å²) in [5.74, 6) is 0.535. The molecule has 1 atom stereocenters. The predicted molar refractivity (Wildman–Crippen MR) is 105 cm³/mol. The highest BCUT2D eigenvalue weighted by Crippen LogP contribution is 2.48. The number of nitrogens with one attached hydrogen (secondary N) is 3. The van der Waals surface area contributed by atoms with Crippen molar-refractivity contribution in [3.63, 3.8) is 0 Å². The van der Waals surface area contributed by atoms with Crippen LogP contribution in [-0.2, 0) is 5.41 Å². The third kappa shape index (κ3) is 3.30. The summed E-state index contributed by atoms with van der Waals surface area (Å²) in [4.78, 5) is 0. The molecule has 1 saturated carbocycles. The van der Waals surface area contributed by atoms with Gasteiger partial charge in [-0.25, -0.2) is 0 Å². The number of phenols is 2. The minimum atomic E-state index is -0.251. The zero-order valence-electron chi connectivity index (χ0n) is 15.7. The Labute approximate surface area is 155 Å². The van der Waals surface area contributed by atoms with E-state index >= 15 is 0 Å². The number of hydrogen-bond donors (Lipinski definition) is 5. The van der Waals surface area contributed by atoms with Crippen LogP contribution in [0.2, 0.25) is 0 Å². The molecule has 0 heterocycles. The zero-order valence-corrected chi connectivity index (χ0v) is 15.7. The van der Waals surface area contributed by atoms with Crippen LogP contribution in [0.3, 0.4) is 0 Å². The molecule has 5 heteroatoms. The summed E-state index contributed by atoms with van der Waals surface area (Å²) >= 11 is 0. The van der Waals surface area contributed by atoms with Gasteiger partial charge in [0.25, 0.3) is 0 Å². The SMILES string of the molecule is CNC1CC(NC)(NC)CC(c2ccc(O)cc2)(c2ccc(O)cc2)C1. The molecule has 1 unspecified atom stereocenters. The first-order valence-corrected chi connectivity index (χ1v) is 9.11. The van der Waals surface area contributed by atoms with Gasteiger partial charge in [0.1, 0.15) is 11.5 Å². The Morgan fingerprint density at radius 1 is 0.769 bits per heavy atom. The van der Waals surface area contributed by atoms with E-state index in [9.17, 15) is 10.2 Å². The van der Waals surface area contributed by atoms with Crippen molar-refractivity contribution in [1.29, 1.82) is 0 Å². The summed E-state index contributed by atoms with van der Waals surface area (Å²) in [5, 5.41) is 30.0. The number of phenolic OH excluding ortho intramolecular Hbond substituents is 2. The first kappa shape index (κ1) is 18.7. The van der Waals surface area contributed by atoms with Crippen LogP contribution in [0.4, 0.5) is 0 Å². The molecule has 1 aliphatic rings. The average molecular weight is 355 g/mol. The van der Waals surface area contributed by atoms with E-state index in [0.29, 0.717) is 6.04 Å². The van der Waals surface area contributed by atoms with E-state index in [-0.39, 0.29) is 22.6 Å². The molecule has 1 aliphatic carbocycles. The van der Waals surface area contributed by atoms with Gasteiger partial charge in [-0.3, -0.25) is 0 Å². The van der Waals surface area contributed by atoms with Crippen molar-refractivity contribution in [2.45, 2.75) is 36.4 Å². The Bertz CT molecular complexity index is 678. The van der Waals surface area contributed by atoms with Crippen molar-refractivity contribution in [3.05, 3.63) is 59.7 Å². The van der Waals surface area contributed by atoms with Gasteiger partial charge in [0, 0.05) is 11.5 Å². The van der Waals surface area contributed by atoms with Gasteiger partial charge in [-0.05, 0) is 75.8 Å². The molecule has 2 aromatic carbocycles. The van der Waals surface area contributed by atoms with E-state index in [1.54, 1.807) is 24.3 Å². The lowest BCUT2D eigenvalue weighted by molar-refractivity contribution is 0.125. The summed E-state index contributed by atoms with van der Waals surface area (Å²) in [6, 6.07) is 15.4. The fourth-order valence-corrected chi connectivity index (χ4v) is 4.45. The second-order valence-corrected chi connectivity index (χ2v) is 7.33. The molecule has 0 aromatic heterocycles. The summed E-state index contributed by atoms with van der Waals surface area (Å²) in [6.45, 7) is 0. The summed E-state index contributed by atoms with van der Waals surface area (Å²) in [7, 11) is 5.99. The molecule has 0 aliphatic heterocycles. The van der Waals surface area contributed by atoms with Crippen molar-refractivity contribution in [1.82, 2.24) is 16.0 Å². The highest BCUT2D eigenvalue weighted by Gasteiger charge is 2.48. The van der Waals surface area contributed by atoms with E-state index in [1.807, 2.05) is 45.4 Å². The fraction of sp³-hybridized carbons (Fsp3) is 0.429. The fourth-order valence-electron chi connectivity index (χ4n) is 4.45. The summed E-state index contributed by atoms with van der Waals surface area (Å²) in [5.41, 5.74) is 1.85. The molecular weight excluding hydrogens is 326 g/mol. The van der Waals surface area contributed by atoms with Crippen molar-refractivity contribution in [2.75, 3.05) is 21.1 Å². The van der Waals surface area contributed by atoms with E-state index in [0.717, 1.165) is 30.4 Å². The monoisotopic (exact) mass is 355 g/mol. The Morgan fingerprint density at radius 3 is 1.62 bits per heavy atom. The molecule has 0 spiro atoms. The van der Waals surface area contributed by atoms with Crippen molar-refractivity contribution in [3.8, 4) is 11.5 Å². The molecule has 0 amide bonds. The molecule has 5 N–H and O–H groups in total. The van der Waals surface area contributed by atoms with Gasteiger partial charge in [-0.15, -0.1) is 0 Å². The van der Waals surface area contributed by atoms with Crippen LogP contribution in [0.5, 0.6) is 11.5 Å². The van der Waals surface area contributed by atoms with Crippen LogP contribution in [0.1, 0.15) is 30.4 Å². The van der Waals surface area contributed by atoms with Crippen LogP contribution >= 0.6 is 0 Å². The standard InChI is InChI=1S/C21H29N3O2/c1-22-17-12-20(14-21(13-17,23-2)24-3,15-4-8-18(25)9-5-15)16-6-10-19(26)11-7-16/h4-11,17,22-26H,12-14H2,1-3H3. The molecule has 5 nitrogen and oxygen atoms in total. The predicted octanol–water partition coefficient (Wildman–Crippen LogP) is 2.29. The highest BCUT2D eigenvalue weighted by molar-refractivity contribution is 5.44. The van der Waals surface area contributed by atoms with Crippen LogP contribution in [0, 0.1) is 0 Å². The topological polar surface area (TPSA) is 76.5 Å². The number of rotatable bonds is 5. The maximum Gasteiger partial charge on any atom is 0.115 e. The van der Waals surface area contributed by atoms with Crippen LogP contribution in [0.15, 0.2) is 48.5 Å².